The largest absolute Gasteiger partial charge is 0.291 e. The zero-order chi connectivity index (χ0) is 7.73. The van der Waals surface area contributed by atoms with Crippen molar-refractivity contribution < 1.29 is 0 Å². The number of hydrogen-bond donors (Lipinski definition) is 0. The molecule has 1 aliphatic carbocycles. The van der Waals surface area contributed by atoms with Crippen molar-refractivity contribution in [2.45, 2.75) is 26.2 Å². The van der Waals surface area contributed by atoms with Crippen molar-refractivity contribution in [2.75, 3.05) is 19.6 Å². The third-order valence-electron chi connectivity index (χ3n) is 2.68. The Morgan fingerprint density at radius 1 is 1.27 bits per heavy atom. The first kappa shape index (κ1) is 7.18. The average molecular weight is 149 g/mol. The monoisotopic (exact) mass is 149 g/mol. The van der Waals surface area contributed by atoms with Crippen molar-refractivity contribution >= 4 is 0 Å². The van der Waals surface area contributed by atoms with Crippen molar-refractivity contribution in [3.63, 3.8) is 0 Å². The van der Waals surface area contributed by atoms with Crippen LogP contribution in [0.15, 0.2) is 0 Å². The standard InChI is InChI=1S/C10H15N/c1-2-3-4-7-11-8-10(9-11)5-6-10/h2,5-9H2,1H3. The van der Waals surface area contributed by atoms with Crippen LogP contribution in [0.1, 0.15) is 26.2 Å². The molecule has 1 aliphatic heterocycles. The third kappa shape index (κ3) is 1.41. The van der Waals surface area contributed by atoms with Gasteiger partial charge in [-0.2, -0.15) is 0 Å². The molecule has 11 heavy (non-hydrogen) atoms. The normalized spacial score (nSPS) is 25.5. The molecule has 2 fully saturated rings. The average Bonchev–Trinajstić information content (AvgIpc) is 2.66. The van der Waals surface area contributed by atoms with Gasteiger partial charge in [0.2, 0.25) is 0 Å². The second-order valence-corrected chi connectivity index (χ2v) is 3.85. The summed E-state index contributed by atoms with van der Waals surface area (Å²) in [7, 11) is 0. The van der Waals surface area contributed by atoms with E-state index < -0.39 is 0 Å². The molecule has 0 amide bonds. The lowest BCUT2D eigenvalue weighted by Gasteiger charge is -2.38. The lowest BCUT2D eigenvalue weighted by molar-refractivity contribution is 0.0984. The maximum absolute atomic E-state index is 3.18. The van der Waals surface area contributed by atoms with Crippen LogP contribution in [-0.2, 0) is 0 Å². The van der Waals surface area contributed by atoms with E-state index >= 15 is 0 Å². The van der Waals surface area contributed by atoms with Gasteiger partial charge in [0, 0.05) is 19.5 Å². The van der Waals surface area contributed by atoms with E-state index in [2.05, 4.69) is 23.7 Å². The first-order chi connectivity index (χ1) is 5.35. The van der Waals surface area contributed by atoms with Gasteiger partial charge in [-0.3, -0.25) is 4.90 Å². The second kappa shape index (κ2) is 2.53. The smallest absolute Gasteiger partial charge is 0.0601 e. The Kier molecular flexibility index (Phi) is 1.65. The number of nitrogens with zero attached hydrogens (tertiary/aromatic N) is 1. The Bertz CT molecular complexity index is 197. The van der Waals surface area contributed by atoms with Gasteiger partial charge in [0.05, 0.1) is 6.54 Å². The Labute approximate surface area is 68.8 Å². The second-order valence-electron chi connectivity index (χ2n) is 3.85. The minimum absolute atomic E-state index is 0.799. The van der Waals surface area contributed by atoms with Crippen LogP contribution in [0.4, 0.5) is 0 Å². The Balaban J connectivity index is 1.67. The van der Waals surface area contributed by atoms with E-state index in [9.17, 15) is 0 Å². The highest BCUT2D eigenvalue weighted by Crippen LogP contribution is 2.52. The number of likely N-dealkylation sites (tertiary alicyclic amines) is 1. The van der Waals surface area contributed by atoms with Gasteiger partial charge >= 0.3 is 0 Å². The first-order valence-corrected chi connectivity index (χ1v) is 4.53. The van der Waals surface area contributed by atoms with Crippen LogP contribution in [-0.4, -0.2) is 24.5 Å². The summed E-state index contributed by atoms with van der Waals surface area (Å²) in [5.41, 5.74) is 0.799. The van der Waals surface area contributed by atoms with Crippen LogP contribution in [0, 0.1) is 17.3 Å². The molecule has 0 aromatic rings. The maximum Gasteiger partial charge on any atom is 0.0601 e. The van der Waals surface area contributed by atoms with Crippen molar-refractivity contribution in [3.8, 4) is 11.8 Å². The third-order valence-corrected chi connectivity index (χ3v) is 2.68. The van der Waals surface area contributed by atoms with Gasteiger partial charge in [-0.05, 0) is 18.3 Å². The van der Waals surface area contributed by atoms with Crippen LogP contribution in [0.3, 0.4) is 0 Å². The van der Waals surface area contributed by atoms with E-state index in [-0.39, 0.29) is 0 Å². The predicted octanol–water partition coefficient (Wildman–Crippen LogP) is 1.50. The van der Waals surface area contributed by atoms with Gasteiger partial charge in [0.1, 0.15) is 0 Å². The molecule has 0 aromatic heterocycles. The Morgan fingerprint density at radius 3 is 2.55 bits per heavy atom. The molecule has 60 valence electrons. The lowest BCUT2D eigenvalue weighted by Crippen LogP contribution is -2.48. The van der Waals surface area contributed by atoms with Gasteiger partial charge in [0.25, 0.3) is 0 Å². The molecule has 0 radical (unpaired) electrons. The molecule has 0 unspecified atom stereocenters. The fraction of sp³-hybridized carbons (Fsp3) is 0.800. The molecule has 1 spiro atoms. The molecule has 2 aliphatic rings. The highest BCUT2D eigenvalue weighted by molar-refractivity contribution is 5.09. The quantitative estimate of drug-likeness (QED) is 0.511. The van der Waals surface area contributed by atoms with Crippen LogP contribution in [0.5, 0.6) is 0 Å². The molecule has 1 heteroatoms. The summed E-state index contributed by atoms with van der Waals surface area (Å²) in [4.78, 5) is 2.45. The highest BCUT2D eigenvalue weighted by Gasteiger charge is 2.51. The Morgan fingerprint density at radius 2 is 2.00 bits per heavy atom. The van der Waals surface area contributed by atoms with E-state index in [0.717, 1.165) is 18.4 Å². The zero-order valence-electron chi connectivity index (χ0n) is 7.19. The van der Waals surface area contributed by atoms with Gasteiger partial charge in [-0.1, -0.05) is 12.8 Å². The summed E-state index contributed by atoms with van der Waals surface area (Å²) >= 11 is 0. The van der Waals surface area contributed by atoms with Gasteiger partial charge in [-0.15, -0.1) is 5.92 Å². The summed E-state index contributed by atoms with van der Waals surface area (Å²) in [6.07, 6.45) is 3.95. The van der Waals surface area contributed by atoms with Gasteiger partial charge in [-0.25, -0.2) is 0 Å². The van der Waals surface area contributed by atoms with E-state index in [1.807, 2.05) is 0 Å². The maximum atomic E-state index is 3.18. The van der Waals surface area contributed by atoms with Crippen molar-refractivity contribution in [1.82, 2.24) is 4.90 Å². The molecular formula is C10H15N. The fourth-order valence-electron chi connectivity index (χ4n) is 1.80. The fourth-order valence-corrected chi connectivity index (χ4v) is 1.80. The summed E-state index contributed by atoms with van der Waals surface area (Å²) in [6, 6.07) is 0. The van der Waals surface area contributed by atoms with E-state index in [4.69, 9.17) is 0 Å². The summed E-state index contributed by atoms with van der Waals surface area (Å²) in [5, 5.41) is 0. The van der Waals surface area contributed by atoms with E-state index in [0.29, 0.717) is 0 Å². The van der Waals surface area contributed by atoms with Crippen LogP contribution in [0.25, 0.3) is 0 Å². The molecule has 0 atom stereocenters. The molecule has 0 aromatic carbocycles. The molecule has 1 heterocycles. The van der Waals surface area contributed by atoms with Crippen molar-refractivity contribution in [3.05, 3.63) is 0 Å². The molecular weight excluding hydrogens is 134 g/mol. The Hall–Kier alpha value is -0.480. The minimum atomic E-state index is 0.799. The van der Waals surface area contributed by atoms with E-state index in [1.165, 1.54) is 25.9 Å². The predicted molar refractivity (Wildman–Crippen MR) is 46.2 cm³/mol. The lowest BCUT2D eigenvalue weighted by atomic mass is 9.97. The molecule has 1 nitrogen and oxygen atoms in total. The SMILES string of the molecule is CCC#CCN1CC2(CC2)C1. The summed E-state index contributed by atoms with van der Waals surface area (Å²) in [5.74, 6) is 6.28. The van der Waals surface area contributed by atoms with Crippen LogP contribution >= 0.6 is 0 Å². The number of hydrogen-bond acceptors (Lipinski definition) is 1. The van der Waals surface area contributed by atoms with Crippen molar-refractivity contribution in [1.29, 1.82) is 0 Å². The molecule has 0 bridgehead atoms. The first-order valence-electron chi connectivity index (χ1n) is 4.53. The molecule has 2 rings (SSSR count). The molecule has 1 saturated heterocycles. The van der Waals surface area contributed by atoms with Gasteiger partial charge in [0.15, 0.2) is 0 Å². The summed E-state index contributed by atoms with van der Waals surface area (Å²) < 4.78 is 0. The van der Waals surface area contributed by atoms with E-state index in [1.54, 1.807) is 0 Å². The topological polar surface area (TPSA) is 3.24 Å². The van der Waals surface area contributed by atoms with Crippen LogP contribution in [0.2, 0.25) is 0 Å². The number of rotatable bonds is 1. The van der Waals surface area contributed by atoms with Crippen LogP contribution < -0.4 is 0 Å². The van der Waals surface area contributed by atoms with Crippen molar-refractivity contribution in [2.24, 2.45) is 5.41 Å². The zero-order valence-corrected chi connectivity index (χ0v) is 7.19. The minimum Gasteiger partial charge on any atom is -0.291 e. The van der Waals surface area contributed by atoms with Gasteiger partial charge < -0.3 is 0 Å². The molecule has 0 N–H and O–H groups in total. The highest BCUT2D eigenvalue weighted by atomic mass is 15.2. The summed E-state index contributed by atoms with van der Waals surface area (Å²) in [6.45, 7) is 5.76. The molecule has 1 saturated carbocycles.